The van der Waals surface area contributed by atoms with Crippen LogP contribution in [0.3, 0.4) is 0 Å². The summed E-state index contributed by atoms with van der Waals surface area (Å²) in [4.78, 5) is 19.3. The summed E-state index contributed by atoms with van der Waals surface area (Å²) in [5.41, 5.74) is 1.87. The topological polar surface area (TPSA) is 88.6 Å². The van der Waals surface area contributed by atoms with Crippen molar-refractivity contribution >= 4 is 45.4 Å². The monoisotopic (exact) mass is 475 g/mol. The number of oxazole rings is 1. The van der Waals surface area contributed by atoms with Gasteiger partial charge in [-0.15, -0.1) is 0 Å². The van der Waals surface area contributed by atoms with Crippen LogP contribution in [0.15, 0.2) is 44.3 Å². The third kappa shape index (κ3) is 4.30. The first-order valence-corrected chi connectivity index (χ1v) is 12.9. The van der Waals surface area contributed by atoms with Crippen LogP contribution in [0.2, 0.25) is 5.02 Å². The Kier molecular flexibility index (Phi) is 5.75. The summed E-state index contributed by atoms with van der Waals surface area (Å²) in [6, 6.07) is 9.51. The summed E-state index contributed by atoms with van der Waals surface area (Å²) in [5.74, 6) is -0.00282. The highest BCUT2D eigenvalue weighted by Gasteiger charge is 2.39. The first-order chi connectivity index (χ1) is 15.4. The van der Waals surface area contributed by atoms with Crippen molar-refractivity contribution in [3.63, 3.8) is 0 Å². The Morgan fingerprint density at radius 1 is 1.16 bits per heavy atom. The highest BCUT2D eigenvalue weighted by molar-refractivity contribution is 7.84. The maximum Gasteiger partial charge on any atom is 0.298 e. The minimum Gasteiger partial charge on any atom is -0.442 e. The molecule has 1 saturated heterocycles. The number of fused-ring (bicyclic) bond motifs is 1. The summed E-state index contributed by atoms with van der Waals surface area (Å²) in [5, 5.41) is 4.07. The average molecular weight is 476 g/mol. The van der Waals surface area contributed by atoms with Crippen molar-refractivity contribution < 1.29 is 17.8 Å². The molecule has 170 valence electrons. The van der Waals surface area contributed by atoms with Crippen LogP contribution in [0, 0.1) is 5.41 Å². The number of rotatable bonds is 4. The number of anilines is 1. The predicted molar refractivity (Wildman–Crippen MR) is 124 cm³/mol. The number of nitrogens with zero attached hydrogens (tertiary/aromatic N) is 2. The fourth-order valence-corrected chi connectivity index (χ4v) is 5.56. The molecule has 1 aliphatic carbocycles. The van der Waals surface area contributed by atoms with Gasteiger partial charge in [-0.3, -0.25) is 9.00 Å². The van der Waals surface area contributed by atoms with Gasteiger partial charge in [0.1, 0.15) is 5.52 Å². The van der Waals surface area contributed by atoms with Crippen LogP contribution < -0.4 is 10.2 Å². The van der Waals surface area contributed by atoms with E-state index in [4.69, 9.17) is 20.4 Å². The molecule has 2 aromatic heterocycles. The van der Waals surface area contributed by atoms with Gasteiger partial charge in [0.2, 0.25) is 0 Å². The third-order valence-electron chi connectivity index (χ3n) is 6.90. The highest BCUT2D eigenvalue weighted by Crippen LogP contribution is 2.45. The lowest BCUT2D eigenvalue weighted by atomic mass is 9.67. The van der Waals surface area contributed by atoms with Crippen LogP contribution >= 0.6 is 11.6 Å². The Balaban J connectivity index is 1.15. The quantitative estimate of drug-likeness (QED) is 0.584. The molecule has 0 bridgehead atoms. The summed E-state index contributed by atoms with van der Waals surface area (Å²) in [6.07, 6.45) is 7.83. The number of furan rings is 1. The molecule has 1 spiro atoms. The fourth-order valence-electron chi connectivity index (χ4n) is 4.92. The number of carbonyl (C=O) groups is 1. The Bertz CT molecular complexity index is 1160. The van der Waals surface area contributed by atoms with E-state index in [1.165, 1.54) is 6.26 Å². The number of halogens is 1. The molecule has 1 N–H and O–H groups in total. The van der Waals surface area contributed by atoms with Crippen molar-refractivity contribution in [2.45, 2.75) is 49.7 Å². The maximum absolute atomic E-state index is 12.5. The van der Waals surface area contributed by atoms with Crippen LogP contribution in [-0.2, 0) is 10.8 Å². The second-order valence-corrected chi connectivity index (χ2v) is 10.7. The summed E-state index contributed by atoms with van der Waals surface area (Å²) in [6.45, 7) is 1.84. The molecule has 5 rings (SSSR count). The van der Waals surface area contributed by atoms with Gasteiger partial charge in [-0.25, -0.2) is 0 Å². The smallest absolute Gasteiger partial charge is 0.298 e. The van der Waals surface area contributed by atoms with E-state index in [2.05, 4.69) is 15.2 Å². The van der Waals surface area contributed by atoms with E-state index >= 15 is 0 Å². The Morgan fingerprint density at radius 2 is 1.91 bits per heavy atom. The number of hydrogen-bond acceptors (Lipinski definition) is 6. The van der Waals surface area contributed by atoms with Gasteiger partial charge in [0, 0.05) is 30.4 Å². The van der Waals surface area contributed by atoms with Gasteiger partial charge < -0.3 is 19.1 Å². The van der Waals surface area contributed by atoms with E-state index in [1.54, 1.807) is 12.1 Å². The first-order valence-electron chi connectivity index (χ1n) is 11.0. The second-order valence-electron chi connectivity index (χ2n) is 8.92. The molecule has 1 atom stereocenters. The van der Waals surface area contributed by atoms with Crippen molar-refractivity contribution in [3.05, 3.63) is 41.1 Å². The van der Waals surface area contributed by atoms with Gasteiger partial charge in [-0.1, -0.05) is 11.6 Å². The van der Waals surface area contributed by atoms with Crippen LogP contribution in [0.4, 0.5) is 6.01 Å². The molecule has 9 heteroatoms. The minimum absolute atomic E-state index is 0.147. The van der Waals surface area contributed by atoms with Crippen molar-refractivity contribution in [1.82, 2.24) is 10.3 Å². The summed E-state index contributed by atoms with van der Waals surface area (Å²) < 4.78 is 22.8. The Labute approximate surface area is 193 Å². The van der Waals surface area contributed by atoms with Gasteiger partial charge in [0.25, 0.3) is 11.9 Å². The predicted octanol–water partition coefficient (Wildman–Crippen LogP) is 4.77. The molecular weight excluding hydrogens is 450 g/mol. The lowest BCUT2D eigenvalue weighted by molar-refractivity contribution is 0.0835. The van der Waals surface area contributed by atoms with Crippen LogP contribution in [0.25, 0.3) is 11.1 Å². The standard InChI is InChI=1S/C23H26ClN3O4S/c1-32(29)20-5-4-19(30-20)21(28)25-16-6-8-23(9-7-16)10-12-27(13-11-23)22-26-17-14-15(24)2-3-18(17)31-22/h2-5,14,16H,6-13H2,1H3,(H,25,28). The second kappa shape index (κ2) is 8.56. The van der Waals surface area contributed by atoms with Crippen molar-refractivity contribution in [2.24, 2.45) is 5.41 Å². The molecular formula is C23H26ClN3O4S. The van der Waals surface area contributed by atoms with E-state index < -0.39 is 10.8 Å². The van der Waals surface area contributed by atoms with Crippen LogP contribution in [-0.4, -0.2) is 40.5 Å². The van der Waals surface area contributed by atoms with E-state index in [1.807, 2.05) is 18.2 Å². The Hall–Kier alpha value is -2.32. The Morgan fingerprint density at radius 3 is 2.59 bits per heavy atom. The van der Waals surface area contributed by atoms with E-state index in [0.29, 0.717) is 21.5 Å². The third-order valence-corrected chi connectivity index (χ3v) is 7.92. The highest BCUT2D eigenvalue weighted by atomic mass is 35.5. The van der Waals surface area contributed by atoms with Gasteiger partial charge >= 0.3 is 0 Å². The van der Waals surface area contributed by atoms with Gasteiger partial charge in [-0.05, 0) is 74.3 Å². The maximum atomic E-state index is 12.5. The zero-order chi connectivity index (χ0) is 22.3. The van der Waals surface area contributed by atoms with Gasteiger partial charge in [0.15, 0.2) is 16.4 Å². The molecule has 1 saturated carbocycles. The van der Waals surface area contributed by atoms with Crippen molar-refractivity contribution in [2.75, 3.05) is 24.2 Å². The van der Waals surface area contributed by atoms with Crippen molar-refractivity contribution in [1.29, 1.82) is 0 Å². The minimum atomic E-state index is -1.23. The zero-order valence-corrected chi connectivity index (χ0v) is 19.5. The lowest BCUT2D eigenvalue weighted by Gasteiger charge is -2.45. The molecule has 3 heterocycles. The lowest BCUT2D eigenvalue weighted by Crippen LogP contribution is -2.45. The molecule has 0 radical (unpaired) electrons. The van der Waals surface area contributed by atoms with Crippen LogP contribution in [0.5, 0.6) is 0 Å². The number of piperidine rings is 1. The number of carbonyl (C=O) groups excluding carboxylic acids is 1. The number of nitrogens with one attached hydrogen (secondary N) is 1. The molecule has 1 aromatic carbocycles. The van der Waals surface area contributed by atoms with Crippen molar-refractivity contribution in [3.8, 4) is 0 Å². The summed E-state index contributed by atoms with van der Waals surface area (Å²) >= 11 is 6.06. The largest absolute Gasteiger partial charge is 0.442 e. The normalized spacial score (nSPS) is 20.0. The molecule has 32 heavy (non-hydrogen) atoms. The first kappa shape index (κ1) is 21.5. The fraction of sp³-hybridized carbons (Fsp3) is 0.478. The van der Waals surface area contributed by atoms with Gasteiger partial charge in [-0.2, -0.15) is 4.98 Å². The van der Waals surface area contributed by atoms with Gasteiger partial charge in [0.05, 0.1) is 10.8 Å². The molecule has 1 unspecified atom stereocenters. The molecule has 1 aliphatic heterocycles. The van der Waals surface area contributed by atoms with E-state index in [-0.39, 0.29) is 17.7 Å². The molecule has 2 aliphatic rings. The zero-order valence-electron chi connectivity index (χ0n) is 17.9. The van der Waals surface area contributed by atoms with Crippen LogP contribution in [0.1, 0.15) is 49.1 Å². The number of amides is 1. The van der Waals surface area contributed by atoms with E-state index in [9.17, 15) is 9.00 Å². The average Bonchev–Trinajstić information content (AvgIpc) is 3.43. The molecule has 2 fully saturated rings. The molecule has 7 nitrogen and oxygen atoms in total. The van der Waals surface area contributed by atoms with E-state index in [0.717, 1.165) is 62.7 Å². The number of hydrogen-bond donors (Lipinski definition) is 1. The number of benzene rings is 1. The molecule has 1 amide bonds. The SMILES string of the molecule is CS(=O)c1ccc(C(=O)NC2CCC3(CC2)CCN(c2nc4cc(Cl)ccc4o2)CC3)o1. The number of aromatic nitrogens is 1. The molecule has 3 aromatic rings. The summed E-state index contributed by atoms with van der Waals surface area (Å²) in [7, 11) is -1.23.